The van der Waals surface area contributed by atoms with Gasteiger partial charge < -0.3 is 20.2 Å². The van der Waals surface area contributed by atoms with Crippen LogP contribution in [0.1, 0.15) is 0 Å². The van der Waals surface area contributed by atoms with Crippen LogP contribution in [0.2, 0.25) is 0 Å². The standard InChI is InChI=1S/C13H9F2N5O4S/c14-12(15)24-7-1-2-8-9(5-7)25-13(16-8)17-11(21)6-19-4-3-10(18-19)20(22)23/h1-5,12H,6H2,(H,16,17,21). The number of thiazole rings is 1. The molecule has 0 unspecified atom stereocenters. The predicted molar refractivity (Wildman–Crippen MR) is 83.8 cm³/mol. The van der Waals surface area contributed by atoms with Crippen molar-refractivity contribution in [3.05, 3.63) is 40.6 Å². The van der Waals surface area contributed by atoms with Gasteiger partial charge in [0.05, 0.1) is 27.6 Å². The molecule has 0 fully saturated rings. The number of benzene rings is 1. The molecular weight excluding hydrogens is 360 g/mol. The summed E-state index contributed by atoms with van der Waals surface area (Å²) in [4.78, 5) is 26.0. The highest BCUT2D eigenvalue weighted by atomic mass is 32.1. The molecule has 0 atom stereocenters. The van der Waals surface area contributed by atoms with Crippen LogP contribution >= 0.6 is 11.3 Å². The average Bonchev–Trinajstić information content (AvgIpc) is 3.12. The zero-order valence-electron chi connectivity index (χ0n) is 12.3. The number of amides is 1. The number of nitrogens with one attached hydrogen (secondary N) is 1. The number of alkyl halides is 2. The fourth-order valence-electron chi connectivity index (χ4n) is 1.98. The van der Waals surface area contributed by atoms with Crippen molar-refractivity contribution >= 4 is 38.4 Å². The van der Waals surface area contributed by atoms with Crippen LogP contribution in [0.15, 0.2) is 30.5 Å². The van der Waals surface area contributed by atoms with Gasteiger partial charge in [-0.15, -0.1) is 0 Å². The summed E-state index contributed by atoms with van der Waals surface area (Å²) in [6.07, 6.45) is 1.31. The smallest absolute Gasteiger partial charge is 0.389 e. The van der Waals surface area contributed by atoms with E-state index in [2.05, 4.69) is 20.1 Å². The fraction of sp³-hybridized carbons (Fsp3) is 0.154. The van der Waals surface area contributed by atoms with Gasteiger partial charge in [-0.05, 0) is 23.1 Å². The number of carbonyl (C=O) groups excluding carboxylic acids is 1. The maximum absolute atomic E-state index is 12.2. The van der Waals surface area contributed by atoms with Crippen molar-refractivity contribution in [1.29, 1.82) is 0 Å². The number of rotatable bonds is 6. The largest absolute Gasteiger partial charge is 0.435 e. The van der Waals surface area contributed by atoms with Crippen LogP contribution in [0.3, 0.4) is 0 Å². The van der Waals surface area contributed by atoms with Gasteiger partial charge in [-0.3, -0.25) is 4.79 Å². The summed E-state index contributed by atoms with van der Waals surface area (Å²) in [6.45, 7) is -3.16. The maximum atomic E-state index is 12.2. The molecule has 3 rings (SSSR count). The van der Waals surface area contributed by atoms with E-state index in [1.165, 1.54) is 30.5 Å². The zero-order valence-corrected chi connectivity index (χ0v) is 13.1. The summed E-state index contributed by atoms with van der Waals surface area (Å²) >= 11 is 1.08. The number of halogens is 2. The molecule has 12 heteroatoms. The van der Waals surface area contributed by atoms with Gasteiger partial charge in [0.1, 0.15) is 12.3 Å². The quantitative estimate of drug-likeness (QED) is 0.528. The van der Waals surface area contributed by atoms with Crippen LogP contribution < -0.4 is 10.1 Å². The van der Waals surface area contributed by atoms with Gasteiger partial charge in [0.2, 0.25) is 5.91 Å². The van der Waals surface area contributed by atoms with Gasteiger partial charge in [0.15, 0.2) is 5.13 Å². The Kier molecular flexibility index (Phi) is 4.52. The van der Waals surface area contributed by atoms with Crippen molar-refractivity contribution in [3.8, 4) is 5.75 Å². The van der Waals surface area contributed by atoms with Gasteiger partial charge >= 0.3 is 12.4 Å². The highest BCUT2D eigenvalue weighted by Gasteiger charge is 2.15. The molecule has 0 aliphatic heterocycles. The number of aromatic nitrogens is 3. The summed E-state index contributed by atoms with van der Waals surface area (Å²) < 4.78 is 30.4. The minimum atomic E-state index is -2.93. The number of ether oxygens (including phenoxy) is 1. The molecule has 130 valence electrons. The molecule has 0 spiro atoms. The van der Waals surface area contributed by atoms with E-state index >= 15 is 0 Å². The van der Waals surface area contributed by atoms with E-state index in [0.29, 0.717) is 10.2 Å². The molecule has 0 radical (unpaired) electrons. The Labute approximate surface area is 142 Å². The predicted octanol–water partition coefficient (Wildman–Crippen LogP) is 2.64. The molecule has 2 aromatic heterocycles. The Hall–Kier alpha value is -3.15. The number of fused-ring (bicyclic) bond motifs is 1. The lowest BCUT2D eigenvalue weighted by Gasteiger charge is -2.02. The first-order chi connectivity index (χ1) is 11.9. The SMILES string of the molecule is O=C(Cn1ccc([N+](=O)[O-])n1)Nc1nc2ccc(OC(F)F)cc2s1. The summed E-state index contributed by atoms with van der Waals surface area (Å²) in [5.74, 6) is -0.853. The minimum Gasteiger partial charge on any atom is -0.435 e. The molecule has 1 N–H and O–H groups in total. The second-order valence-electron chi connectivity index (χ2n) is 4.70. The Balaban J connectivity index is 1.69. The van der Waals surface area contributed by atoms with Gasteiger partial charge in [0.25, 0.3) is 0 Å². The van der Waals surface area contributed by atoms with Gasteiger partial charge in [-0.1, -0.05) is 11.3 Å². The van der Waals surface area contributed by atoms with Crippen molar-refractivity contribution in [2.75, 3.05) is 5.32 Å². The Morgan fingerprint density at radius 2 is 2.24 bits per heavy atom. The van der Waals surface area contributed by atoms with Crippen LogP contribution in [0, 0.1) is 10.1 Å². The molecule has 0 bridgehead atoms. The third kappa shape index (κ3) is 4.03. The lowest BCUT2D eigenvalue weighted by Crippen LogP contribution is -2.19. The number of hydrogen-bond donors (Lipinski definition) is 1. The maximum Gasteiger partial charge on any atom is 0.389 e. The minimum absolute atomic E-state index is 0.00660. The third-order valence-corrected chi connectivity index (χ3v) is 3.88. The molecule has 1 aromatic carbocycles. The zero-order chi connectivity index (χ0) is 18.0. The summed E-state index contributed by atoms with van der Waals surface area (Å²) in [5, 5.41) is 17.0. The Bertz CT molecular complexity index is 942. The molecular formula is C13H9F2N5O4S. The van der Waals surface area contributed by atoms with E-state index in [4.69, 9.17) is 0 Å². The summed E-state index contributed by atoms with van der Waals surface area (Å²) in [7, 11) is 0. The second-order valence-corrected chi connectivity index (χ2v) is 5.73. The molecule has 0 saturated heterocycles. The highest BCUT2D eigenvalue weighted by Crippen LogP contribution is 2.29. The van der Waals surface area contributed by atoms with Crippen molar-refractivity contribution in [1.82, 2.24) is 14.8 Å². The number of anilines is 1. The van der Waals surface area contributed by atoms with Crippen LogP contribution in [-0.4, -0.2) is 32.2 Å². The molecule has 0 aliphatic carbocycles. The van der Waals surface area contributed by atoms with E-state index in [9.17, 15) is 23.7 Å². The second kappa shape index (κ2) is 6.76. The van der Waals surface area contributed by atoms with E-state index in [1.807, 2.05) is 0 Å². The molecule has 1 amide bonds. The van der Waals surface area contributed by atoms with Crippen molar-refractivity contribution < 1.29 is 23.2 Å². The first-order valence-electron chi connectivity index (χ1n) is 6.74. The molecule has 0 saturated carbocycles. The first-order valence-corrected chi connectivity index (χ1v) is 7.55. The average molecular weight is 369 g/mol. The molecule has 3 aromatic rings. The number of hydrogen-bond acceptors (Lipinski definition) is 7. The van der Waals surface area contributed by atoms with E-state index in [-0.39, 0.29) is 23.2 Å². The van der Waals surface area contributed by atoms with Crippen LogP contribution in [0.4, 0.5) is 19.7 Å². The normalized spacial score (nSPS) is 11.0. The first kappa shape index (κ1) is 16.7. The number of carbonyl (C=O) groups is 1. The fourth-order valence-corrected chi connectivity index (χ4v) is 2.89. The number of nitrogens with zero attached hydrogens (tertiary/aromatic N) is 4. The molecule has 9 nitrogen and oxygen atoms in total. The van der Waals surface area contributed by atoms with Gasteiger partial charge in [-0.25, -0.2) is 4.98 Å². The third-order valence-electron chi connectivity index (χ3n) is 2.95. The van der Waals surface area contributed by atoms with E-state index < -0.39 is 17.4 Å². The van der Waals surface area contributed by atoms with E-state index in [0.717, 1.165) is 16.0 Å². The van der Waals surface area contributed by atoms with Gasteiger partial charge in [-0.2, -0.15) is 13.5 Å². The topological polar surface area (TPSA) is 112 Å². The van der Waals surface area contributed by atoms with Crippen LogP contribution in [0.25, 0.3) is 10.2 Å². The van der Waals surface area contributed by atoms with Gasteiger partial charge in [0, 0.05) is 0 Å². The van der Waals surface area contributed by atoms with Crippen LogP contribution in [0.5, 0.6) is 5.75 Å². The highest BCUT2D eigenvalue weighted by molar-refractivity contribution is 7.22. The lowest BCUT2D eigenvalue weighted by atomic mass is 10.3. The summed E-state index contributed by atoms with van der Waals surface area (Å²) in [6, 6.07) is 5.42. The molecule has 0 aliphatic rings. The lowest BCUT2D eigenvalue weighted by molar-refractivity contribution is -0.389. The van der Waals surface area contributed by atoms with E-state index in [1.54, 1.807) is 0 Å². The summed E-state index contributed by atoms with van der Waals surface area (Å²) in [5.41, 5.74) is 0.511. The Morgan fingerprint density at radius 3 is 2.92 bits per heavy atom. The Morgan fingerprint density at radius 1 is 1.44 bits per heavy atom. The van der Waals surface area contributed by atoms with Crippen molar-refractivity contribution in [2.45, 2.75) is 13.2 Å². The number of nitro groups is 1. The molecule has 25 heavy (non-hydrogen) atoms. The van der Waals surface area contributed by atoms with Crippen molar-refractivity contribution in [3.63, 3.8) is 0 Å². The van der Waals surface area contributed by atoms with Crippen molar-refractivity contribution in [2.24, 2.45) is 0 Å². The monoisotopic (exact) mass is 369 g/mol. The van der Waals surface area contributed by atoms with Crippen LogP contribution in [-0.2, 0) is 11.3 Å². The molecule has 2 heterocycles.